The van der Waals surface area contributed by atoms with Gasteiger partial charge in [0.2, 0.25) is 5.78 Å². The summed E-state index contributed by atoms with van der Waals surface area (Å²) in [5, 5.41) is 11.4. The van der Waals surface area contributed by atoms with E-state index in [2.05, 4.69) is 4.98 Å². The van der Waals surface area contributed by atoms with Crippen LogP contribution in [0.3, 0.4) is 0 Å². The molecule has 0 spiro atoms. The number of ketones is 2. The summed E-state index contributed by atoms with van der Waals surface area (Å²) < 4.78 is 0. The lowest BCUT2D eigenvalue weighted by Crippen LogP contribution is -2.22. The van der Waals surface area contributed by atoms with Crippen LogP contribution in [0.1, 0.15) is 32.0 Å². The van der Waals surface area contributed by atoms with Crippen molar-refractivity contribution in [3.63, 3.8) is 0 Å². The van der Waals surface area contributed by atoms with Crippen LogP contribution in [-0.4, -0.2) is 21.7 Å². The first-order valence-corrected chi connectivity index (χ1v) is 6.47. The largest absolute Gasteiger partial charge is 0.507 e. The van der Waals surface area contributed by atoms with E-state index in [1.54, 1.807) is 24.4 Å². The molecule has 0 saturated carbocycles. The fourth-order valence-electron chi connectivity index (χ4n) is 2.79. The lowest BCUT2D eigenvalue weighted by atomic mass is 9.84. The zero-order valence-electron chi connectivity index (χ0n) is 10.8. The molecule has 0 unspecified atom stereocenters. The lowest BCUT2D eigenvalue weighted by Gasteiger charge is -2.18. The maximum atomic E-state index is 12.7. The van der Waals surface area contributed by atoms with E-state index in [0.717, 1.165) is 5.39 Å². The van der Waals surface area contributed by atoms with Gasteiger partial charge in [0, 0.05) is 17.1 Å². The van der Waals surface area contributed by atoms with Crippen molar-refractivity contribution < 1.29 is 14.7 Å². The van der Waals surface area contributed by atoms with Crippen LogP contribution in [0.2, 0.25) is 0 Å². The van der Waals surface area contributed by atoms with Gasteiger partial charge in [0.1, 0.15) is 11.4 Å². The van der Waals surface area contributed by atoms with Crippen molar-refractivity contribution in [2.75, 3.05) is 0 Å². The minimum atomic E-state index is -0.413. The molecule has 2 aromatic carbocycles. The van der Waals surface area contributed by atoms with E-state index in [9.17, 15) is 14.7 Å². The number of phenolic OH excluding ortho intramolecular Hbond substituents is 1. The zero-order valence-corrected chi connectivity index (χ0v) is 10.8. The van der Waals surface area contributed by atoms with Gasteiger partial charge in [0.25, 0.3) is 0 Å². The van der Waals surface area contributed by atoms with Gasteiger partial charge in [0.15, 0.2) is 5.78 Å². The van der Waals surface area contributed by atoms with Crippen molar-refractivity contribution in [2.45, 2.75) is 0 Å². The van der Waals surface area contributed by atoms with Gasteiger partial charge in [-0.2, -0.15) is 0 Å². The van der Waals surface area contributed by atoms with Crippen LogP contribution in [0.25, 0.3) is 10.8 Å². The molecule has 0 amide bonds. The highest BCUT2D eigenvalue weighted by Gasteiger charge is 2.34. The quantitative estimate of drug-likeness (QED) is 0.536. The molecule has 3 aromatic rings. The third kappa shape index (κ3) is 1.47. The van der Waals surface area contributed by atoms with Gasteiger partial charge >= 0.3 is 0 Å². The van der Waals surface area contributed by atoms with Crippen molar-refractivity contribution in [1.82, 2.24) is 4.98 Å². The van der Waals surface area contributed by atoms with Gasteiger partial charge in [-0.1, -0.05) is 36.4 Å². The third-order valence-electron chi connectivity index (χ3n) is 3.76. The SMILES string of the molecule is O=C1c2ncc3ccccc3c2C(=O)c2cccc(O)c21. The highest BCUT2D eigenvalue weighted by molar-refractivity contribution is 6.32. The molecule has 0 bridgehead atoms. The molecular formula is C17H9NO3. The molecule has 0 saturated heterocycles. The number of carbonyl (C=O) groups is 2. The highest BCUT2D eigenvalue weighted by atomic mass is 16.3. The second kappa shape index (κ2) is 3.99. The maximum Gasteiger partial charge on any atom is 0.216 e. The molecule has 4 rings (SSSR count). The van der Waals surface area contributed by atoms with Crippen molar-refractivity contribution >= 4 is 22.3 Å². The predicted octanol–water partition coefficient (Wildman–Crippen LogP) is 2.72. The van der Waals surface area contributed by atoms with Crippen molar-refractivity contribution in [3.8, 4) is 5.75 Å². The summed E-state index contributed by atoms with van der Waals surface area (Å²) >= 11 is 0. The molecule has 21 heavy (non-hydrogen) atoms. The molecule has 0 fully saturated rings. The fourth-order valence-corrected chi connectivity index (χ4v) is 2.79. The monoisotopic (exact) mass is 275 g/mol. The average Bonchev–Trinajstić information content (AvgIpc) is 2.51. The van der Waals surface area contributed by atoms with Crippen LogP contribution < -0.4 is 0 Å². The van der Waals surface area contributed by atoms with E-state index >= 15 is 0 Å². The number of carbonyl (C=O) groups excluding carboxylic acids is 2. The van der Waals surface area contributed by atoms with Crippen LogP contribution in [0.15, 0.2) is 48.7 Å². The molecular weight excluding hydrogens is 266 g/mol. The molecule has 4 nitrogen and oxygen atoms in total. The second-order valence-electron chi connectivity index (χ2n) is 4.93. The Kier molecular flexibility index (Phi) is 2.24. The molecule has 4 heteroatoms. The summed E-state index contributed by atoms with van der Waals surface area (Å²) in [5.74, 6) is -0.880. The molecule has 0 atom stereocenters. The van der Waals surface area contributed by atoms with Crippen LogP contribution in [0, 0.1) is 0 Å². The van der Waals surface area contributed by atoms with E-state index in [0.29, 0.717) is 10.9 Å². The van der Waals surface area contributed by atoms with Crippen LogP contribution >= 0.6 is 0 Å². The minimum absolute atomic E-state index is 0.0396. The van der Waals surface area contributed by atoms with E-state index in [1.807, 2.05) is 18.2 Å². The van der Waals surface area contributed by atoms with E-state index in [1.165, 1.54) is 6.07 Å². The summed E-state index contributed by atoms with van der Waals surface area (Å²) in [6, 6.07) is 11.8. The number of nitrogens with zero attached hydrogens (tertiary/aromatic N) is 1. The molecule has 1 heterocycles. The molecule has 1 aliphatic carbocycles. The van der Waals surface area contributed by atoms with Gasteiger partial charge in [-0.25, -0.2) is 0 Å². The van der Waals surface area contributed by atoms with Crippen molar-refractivity contribution in [1.29, 1.82) is 0 Å². The van der Waals surface area contributed by atoms with Crippen molar-refractivity contribution in [2.24, 2.45) is 0 Å². The number of hydrogen-bond donors (Lipinski definition) is 1. The topological polar surface area (TPSA) is 67.3 Å². The standard InChI is InChI=1S/C17H9NO3/c19-12-7-3-6-11-13(12)17(21)15-14(16(11)20)10-5-2-1-4-9(10)8-18-15/h1-8,19H. The van der Waals surface area contributed by atoms with Gasteiger partial charge in [-0.15, -0.1) is 0 Å². The average molecular weight is 275 g/mol. The van der Waals surface area contributed by atoms with Gasteiger partial charge in [0.05, 0.1) is 11.1 Å². The Bertz CT molecular complexity index is 944. The smallest absolute Gasteiger partial charge is 0.216 e. The molecule has 0 radical (unpaired) electrons. The summed E-state index contributed by atoms with van der Waals surface area (Å²) in [7, 11) is 0. The molecule has 1 N–H and O–H groups in total. The first-order chi connectivity index (χ1) is 10.2. The number of hydrogen-bond acceptors (Lipinski definition) is 4. The Morgan fingerprint density at radius 2 is 1.67 bits per heavy atom. The van der Waals surface area contributed by atoms with Crippen LogP contribution in [0.4, 0.5) is 0 Å². The van der Waals surface area contributed by atoms with E-state index < -0.39 is 5.78 Å². The molecule has 100 valence electrons. The number of benzene rings is 2. The zero-order chi connectivity index (χ0) is 14.6. The van der Waals surface area contributed by atoms with Gasteiger partial charge < -0.3 is 5.11 Å². The number of pyridine rings is 1. The fraction of sp³-hybridized carbons (Fsp3) is 0. The number of aromatic nitrogens is 1. The number of aromatic hydroxyl groups is 1. The minimum Gasteiger partial charge on any atom is -0.507 e. The molecule has 1 aliphatic rings. The van der Waals surface area contributed by atoms with Crippen molar-refractivity contribution in [3.05, 3.63) is 71.0 Å². The third-order valence-corrected chi connectivity index (χ3v) is 3.76. The first-order valence-electron chi connectivity index (χ1n) is 6.47. The Morgan fingerprint density at radius 1 is 0.857 bits per heavy atom. The van der Waals surface area contributed by atoms with E-state index in [-0.39, 0.29) is 28.4 Å². The highest BCUT2D eigenvalue weighted by Crippen LogP contribution is 2.34. The Balaban J connectivity index is 2.14. The molecule has 0 aliphatic heterocycles. The Labute approximate surface area is 119 Å². The molecule has 1 aromatic heterocycles. The van der Waals surface area contributed by atoms with Crippen LogP contribution in [-0.2, 0) is 0 Å². The summed E-state index contributed by atoms with van der Waals surface area (Å²) in [5.41, 5.74) is 0.687. The maximum absolute atomic E-state index is 12.7. The number of phenols is 1. The number of rotatable bonds is 0. The predicted molar refractivity (Wildman–Crippen MR) is 76.7 cm³/mol. The summed E-state index contributed by atoms with van der Waals surface area (Å²) in [6.07, 6.45) is 1.57. The lowest BCUT2D eigenvalue weighted by molar-refractivity contribution is 0.0974. The number of fused-ring (bicyclic) bond motifs is 4. The summed E-state index contributed by atoms with van der Waals surface area (Å²) in [6.45, 7) is 0. The Morgan fingerprint density at radius 3 is 2.52 bits per heavy atom. The van der Waals surface area contributed by atoms with Crippen LogP contribution in [0.5, 0.6) is 5.75 Å². The summed E-state index contributed by atoms with van der Waals surface area (Å²) in [4.78, 5) is 29.4. The first kappa shape index (κ1) is 11.8. The Hall–Kier alpha value is -3.01. The van der Waals surface area contributed by atoms with Gasteiger partial charge in [-0.05, 0) is 11.5 Å². The second-order valence-corrected chi connectivity index (χ2v) is 4.93. The normalized spacial score (nSPS) is 13.1. The van der Waals surface area contributed by atoms with Gasteiger partial charge in [-0.3, -0.25) is 14.6 Å². The van der Waals surface area contributed by atoms with E-state index in [4.69, 9.17) is 0 Å².